The molecule has 0 saturated heterocycles. The monoisotopic (exact) mass is 1280 g/mol. The molecule has 1 aromatic carbocycles. The van der Waals surface area contributed by atoms with Crippen LogP contribution in [0.4, 0.5) is 0 Å². The van der Waals surface area contributed by atoms with E-state index in [2.05, 4.69) is 45.6 Å². The van der Waals surface area contributed by atoms with Crippen molar-refractivity contribution in [3.8, 4) is 5.75 Å². The van der Waals surface area contributed by atoms with Gasteiger partial charge in [-0.25, -0.2) is 16.8 Å². The average Bonchev–Trinajstić information content (AvgIpc) is 3.00. The Bertz CT molecular complexity index is 2210. The number of benzene rings is 1. The molecule has 2 unspecified atom stereocenters. The van der Waals surface area contributed by atoms with Crippen molar-refractivity contribution in [3.05, 3.63) is 30.3 Å². The molecule has 2 atom stereocenters. The summed E-state index contributed by atoms with van der Waals surface area (Å²) in [5.41, 5.74) is -2.00. The molecule has 0 aromatic heterocycles. The first-order valence-corrected chi connectivity index (χ1v) is 32.7. The van der Waals surface area contributed by atoms with Crippen LogP contribution in [0, 0.1) is 50.2 Å². The van der Waals surface area contributed by atoms with E-state index in [0.29, 0.717) is 30.3 Å². The Morgan fingerprint density at radius 2 is 0.826 bits per heavy atom. The number of fused-ring (bicyclic) bond motifs is 2. The van der Waals surface area contributed by atoms with Gasteiger partial charge in [0.2, 0.25) is 11.8 Å². The molecule has 2 N–H and O–H groups in total. The van der Waals surface area contributed by atoms with Crippen molar-refractivity contribution in [2.45, 2.75) is 235 Å². The minimum Gasteiger partial charge on any atom is -0.748 e. The van der Waals surface area contributed by atoms with Gasteiger partial charge in [0, 0.05) is 22.9 Å². The second-order valence-electron chi connectivity index (χ2n) is 26.5. The van der Waals surface area contributed by atoms with Crippen LogP contribution in [0.25, 0.3) is 0 Å². The Balaban J connectivity index is -0.000000219. The predicted octanol–water partition coefficient (Wildman–Crippen LogP) is 6.01. The molecule has 1 aromatic rings. The van der Waals surface area contributed by atoms with Gasteiger partial charge in [0.15, 0.2) is 0 Å². The van der Waals surface area contributed by atoms with Gasteiger partial charge < -0.3 is 43.4 Å². The summed E-state index contributed by atoms with van der Waals surface area (Å²) in [6.45, 7) is 44.3. The number of rotatable bonds is 22. The number of carbonyl (C=O) groups is 6. The molecule has 2 bridgehead atoms. The summed E-state index contributed by atoms with van der Waals surface area (Å²) in [5, 5.41) is 5.09. The van der Waals surface area contributed by atoms with Crippen LogP contribution in [0.5, 0.6) is 5.75 Å². The Morgan fingerprint density at radius 3 is 1.02 bits per heavy atom. The number of nitrogens with one attached hydrogen (secondary N) is 2. The van der Waals surface area contributed by atoms with Crippen LogP contribution in [0.1, 0.15) is 223 Å². The molecule has 2 aliphatic carbocycles. The summed E-state index contributed by atoms with van der Waals surface area (Å²) >= 11 is 0. The van der Waals surface area contributed by atoms with Gasteiger partial charge in [-0.2, -0.15) is 0 Å². The molecule has 0 aliphatic heterocycles. The van der Waals surface area contributed by atoms with E-state index in [0.717, 1.165) is 37.4 Å². The zero-order chi connectivity index (χ0) is 67.2. The van der Waals surface area contributed by atoms with E-state index in [4.69, 9.17) is 9.47 Å². The van der Waals surface area contributed by atoms with E-state index in [1.807, 2.05) is 127 Å². The average molecular weight is 1280 g/mol. The van der Waals surface area contributed by atoms with Crippen molar-refractivity contribution in [1.82, 2.24) is 10.6 Å². The van der Waals surface area contributed by atoms with Gasteiger partial charge in [-0.05, 0) is 176 Å². The maximum atomic E-state index is 11.6. The van der Waals surface area contributed by atoms with E-state index in [1.54, 1.807) is 13.8 Å². The number of carbonyl (C=O) groups excluding carboxylic acids is 6. The van der Waals surface area contributed by atoms with Gasteiger partial charge in [0.1, 0.15) is 19.0 Å². The molecule has 2 aliphatic rings. The predicted molar refractivity (Wildman–Crippen MR) is 332 cm³/mol. The standard InChI is InChI=1S/C14H20O3.C10H18.2C9H19NO4S.3C7H14O2.2Na/c1-4-14(2,3)13(15)17-11-10-16-12-8-6-5-7-9-12;1-9(2)8-4-6-10(9,3)7-5-8;2*1-5-7(2)8(11)10-9(3,4)6-15(12,13)14;3*1-5-7(2,3)6(8)9-4;;/h5-9H,4,10-11H2,1-3H3;8H,4-7H2,1-3H3;2*7H,5-6H2,1-4H3,(H,10,11)(H,12,13,14);3*5H2,1-4H3;;/q;;;;;;;2*+1/p-2. The Morgan fingerprint density at radius 1 is 0.535 bits per heavy atom. The molecule has 0 spiro atoms. The van der Waals surface area contributed by atoms with E-state index in [1.165, 1.54) is 74.7 Å². The molecular weight excluding hydrogens is 1170 g/mol. The number of hydrogen-bond acceptors (Lipinski definition) is 17. The van der Waals surface area contributed by atoms with Crippen molar-refractivity contribution in [3.63, 3.8) is 0 Å². The molecule has 2 fully saturated rings. The van der Waals surface area contributed by atoms with Crippen LogP contribution in [-0.4, -0.2) is 119 Å². The maximum Gasteiger partial charge on any atom is 1.00 e. The van der Waals surface area contributed by atoms with Gasteiger partial charge in [-0.1, -0.05) is 94.4 Å². The number of para-hydroxylation sites is 1. The third-order valence-electron chi connectivity index (χ3n) is 16.4. The molecule has 0 radical (unpaired) electrons. The van der Waals surface area contributed by atoms with Crippen LogP contribution in [0.15, 0.2) is 30.3 Å². The normalized spacial score (nSPS) is 16.6. The molecule has 2 amide bonds. The van der Waals surface area contributed by atoms with Crippen LogP contribution in [0.2, 0.25) is 0 Å². The first-order valence-electron chi connectivity index (χ1n) is 29.5. The summed E-state index contributed by atoms with van der Waals surface area (Å²) < 4.78 is 87.6. The third kappa shape index (κ3) is 39.7. The van der Waals surface area contributed by atoms with Crippen molar-refractivity contribution in [2.75, 3.05) is 46.0 Å². The summed E-state index contributed by atoms with van der Waals surface area (Å²) in [6, 6.07) is 9.48. The molecular formula is C63H116N2Na2O17S2. The van der Waals surface area contributed by atoms with E-state index >= 15 is 0 Å². The van der Waals surface area contributed by atoms with E-state index in [-0.39, 0.29) is 129 Å². The van der Waals surface area contributed by atoms with Gasteiger partial charge in [-0.3, -0.25) is 28.8 Å². The van der Waals surface area contributed by atoms with Crippen LogP contribution in [-0.2, 0) is 68.0 Å². The van der Waals surface area contributed by atoms with Crippen molar-refractivity contribution < 1.29 is 138 Å². The van der Waals surface area contributed by atoms with Crippen LogP contribution in [0.3, 0.4) is 0 Å². The largest absolute Gasteiger partial charge is 1.00 e. The fourth-order valence-corrected chi connectivity index (χ4v) is 9.68. The third-order valence-corrected chi connectivity index (χ3v) is 18.6. The Hall–Kier alpha value is -2.34. The molecule has 0 heterocycles. The smallest absolute Gasteiger partial charge is 0.748 e. The second kappa shape index (κ2) is 42.7. The number of methoxy groups -OCH3 is 3. The molecule has 23 heteroatoms. The molecule has 494 valence electrons. The summed E-state index contributed by atoms with van der Waals surface area (Å²) in [5.74, 6) is -0.744. The number of amides is 2. The number of esters is 4. The summed E-state index contributed by atoms with van der Waals surface area (Å²) in [7, 11) is -4.40. The number of ether oxygens (including phenoxy) is 5. The number of hydrogen-bond donors (Lipinski definition) is 2. The molecule has 86 heavy (non-hydrogen) atoms. The minimum absolute atomic E-state index is 0. The fourth-order valence-electron chi connectivity index (χ4n) is 7.77. The van der Waals surface area contributed by atoms with Gasteiger partial charge >= 0.3 is 83.0 Å². The van der Waals surface area contributed by atoms with E-state index < -0.39 is 48.2 Å². The fraction of sp³-hybridized carbons (Fsp3) is 0.810. The minimum atomic E-state index is -4.32. The summed E-state index contributed by atoms with van der Waals surface area (Å²) in [4.78, 5) is 67.1. The zero-order valence-electron chi connectivity index (χ0n) is 58.8. The molecule has 2 saturated carbocycles. The van der Waals surface area contributed by atoms with Crippen LogP contribution >= 0.6 is 0 Å². The first-order chi connectivity index (χ1) is 37.9. The first kappa shape index (κ1) is 94.8. The van der Waals surface area contributed by atoms with Gasteiger partial charge in [0.05, 0.1) is 74.7 Å². The zero-order valence-corrected chi connectivity index (χ0v) is 64.4. The molecule has 3 rings (SSSR count). The van der Waals surface area contributed by atoms with Crippen molar-refractivity contribution in [1.29, 1.82) is 0 Å². The SMILES string of the molecule is CC12CCC(CC1)C2(C)C.CCC(C)(C)C(=O)OC.CCC(C)(C)C(=O)OC.CCC(C)(C)C(=O)OC.CCC(C)(C)C(=O)OCCOc1ccccc1.CCC(C)C(=O)NC(C)(C)CS(=O)(=O)[O-].CCC(C)C(=O)NC(C)(C)CS(=O)(=O)[O-].[Na+].[Na+]. The van der Waals surface area contributed by atoms with Crippen molar-refractivity contribution >= 4 is 55.9 Å². The van der Waals surface area contributed by atoms with Gasteiger partial charge in [0.25, 0.3) is 0 Å². The van der Waals surface area contributed by atoms with E-state index in [9.17, 15) is 54.7 Å². The second-order valence-corrected chi connectivity index (χ2v) is 29.4. The molecule has 19 nitrogen and oxygen atoms in total. The summed E-state index contributed by atoms with van der Waals surface area (Å²) in [6.07, 6.45) is 10.6. The van der Waals surface area contributed by atoms with Crippen LogP contribution < -0.4 is 74.5 Å². The Labute approximate surface area is 566 Å². The Kier molecular flexibility index (Phi) is 47.0. The van der Waals surface area contributed by atoms with Gasteiger partial charge in [-0.15, -0.1) is 0 Å². The topological polar surface area (TPSA) is 287 Å². The maximum absolute atomic E-state index is 11.6. The quantitative estimate of drug-likeness (QED) is 0.0442. The van der Waals surface area contributed by atoms with Crippen molar-refractivity contribution in [2.24, 2.45) is 50.2 Å².